The molecule has 2 N–H and O–H groups in total. The Morgan fingerprint density at radius 3 is 2.75 bits per heavy atom. The minimum atomic E-state index is -3.42. The number of hydrogen-bond donors (Lipinski definition) is 2. The normalized spacial score (nSPS) is 11.6. The summed E-state index contributed by atoms with van der Waals surface area (Å²) in [6.45, 7) is 1.71. The number of rotatable bonds is 4. The molecule has 0 aliphatic heterocycles. The third-order valence-electron chi connectivity index (χ3n) is 3.62. The number of sulfonamides is 1. The largest absolute Gasteiger partial charge is 0.345 e. The van der Waals surface area contributed by atoms with Gasteiger partial charge in [-0.25, -0.2) is 13.4 Å². The molecular weight excluding hydrogens is 394 g/mol. The molecule has 0 saturated carbocycles. The number of halogens is 1. The molecule has 2 aromatic heterocycles. The fraction of sp³-hybridized carbons (Fsp3) is 0.125. The molecule has 3 aromatic rings. The number of fused-ring (bicyclic) bond motifs is 1. The van der Waals surface area contributed by atoms with Crippen molar-refractivity contribution in [1.82, 2.24) is 9.97 Å². The van der Waals surface area contributed by atoms with E-state index in [0.29, 0.717) is 33.4 Å². The van der Waals surface area contributed by atoms with Crippen LogP contribution in [0, 0.1) is 6.92 Å². The van der Waals surface area contributed by atoms with Gasteiger partial charge in [-0.2, -0.15) is 0 Å². The summed E-state index contributed by atoms with van der Waals surface area (Å²) < 4.78 is 26.1. The molecule has 2 heterocycles. The maximum absolute atomic E-state index is 12.9. The quantitative estimate of drug-likeness (QED) is 0.649. The zero-order chi connectivity index (χ0) is 17.5. The number of hydrogen-bond acceptors (Lipinski definition) is 4. The minimum Gasteiger partial charge on any atom is -0.345 e. The van der Waals surface area contributed by atoms with Crippen molar-refractivity contribution in [3.63, 3.8) is 0 Å². The van der Waals surface area contributed by atoms with Gasteiger partial charge in [-0.15, -0.1) is 0 Å². The molecule has 1 aromatic carbocycles. The topological polar surface area (TPSA) is 91.9 Å². The Morgan fingerprint density at radius 2 is 2.04 bits per heavy atom. The Labute approximate surface area is 147 Å². The number of benzene rings is 1. The van der Waals surface area contributed by atoms with E-state index in [1.54, 1.807) is 37.5 Å². The van der Waals surface area contributed by atoms with Crippen molar-refractivity contribution in [3.05, 3.63) is 57.8 Å². The predicted molar refractivity (Wildman–Crippen MR) is 96.9 cm³/mol. The van der Waals surface area contributed by atoms with Crippen LogP contribution in [0.25, 0.3) is 11.0 Å². The monoisotopic (exact) mass is 407 g/mol. The van der Waals surface area contributed by atoms with Gasteiger partial charge in [0.05, 0.1) is 11.9 Å². The van der Waals surface area contributed by atoms with Crippen molar-refractivity contribution in [2.45, 2.75) is 6.92 Å². The van der Waals surface area contributed by atoms with E-state index < -0.39 is 10.0 Å². The van der Waals surface area contributed by atoms with Crippen LogP contribution >= 0.6 is 15.9 Å². The van der Waals surface area contributed by atoms with E-state index in [1.165, 1.54) is 0 Å². The summed E-state index contributed by atoms with van der Waals surface area (Å²) in [6, 6.07) is 6.77. The van der Waals surface area contributed by atoms with Gasteiger partial charge in [0.2, 0.25) is 10.0 Å². The first-order chi connectivity index (χ1) is 11.3. The van der Waals surface area contributed by atoms with Gasteiger partial charge < -0.3 is 4.98 Å². The van der Waals surface area contributed by atoms with Gasteiger partial charge in [0, 0.05) is 33.4 Å². The number of carbonyl (C=O) groups excluding carboxylic acids is 1. The first-order valence-electron chi connectivity index (χ1n) is 7.01. The van der Waals surface area contributed by atoms with Crippen molar-refractivity contribution in [2.75, 3.05) is 11.0 Å². The average molecular weight is 408 g/mol. The van der Waals surface area contributed by atoms with Gasteiger partial charge in [-0.3, -0.25) is 9.52 Å². The molecule has 0 unspecified atom stereocenters. The number of carbonyl (C=O) groups is 1. The van der Waals surface area contributed by atoms with Crippen LogP contribution in [0.4, 0.5) is 5.69 Å². The fourth-order valence-corrected chi connectivity index (χ4v) is 3.45. The number of pyridine rings is 1. The van der Waals surface area contributed by atoms with Crippen LogP contribution in [0.1, 0.15) is 21.5 Å². The summed E-state index contributed by atoms with van der Waals surface area (Å²) in [5.41, 5.74) is 2.50. The highest BCUT2D eigenvalue weighted by Crippen LogP contribution is 2.26. The lowest BCUT2D eigenvalue weighted by Crippen LogP contribution is -2.12. The molecule has 0 aliphatic carbocycles. The lowest BCUT2D eigenvalue weighted by molar-refractivity contribution is 0.104. The zero-order valence-corrected chi connectivity index (χ0v) is 15.3. The SMILES string of the molecule is Cc1c(NS(C)(=O)=O)cccc1C(=O)c1c[nH]c2ncc(Br)cc12. The second-order valence-corrected chi connectivity index (χ2v) is 8.10. The molecule has 6 nitrogen and oxygen atoms in total. The highest BCUT2D eigenvalue weighted by atomic mass is 79.9. The fourth-order valence-electron chi connectivity index (χ4n) is 2.50. The lowest BCUT2D eigenvalue weighted by atomic mass is 9.98. The maximum atomic E-state index is 12.9. The summed E-state index contributed by atoms with van der Waals surface area (Å²) in [4.78, 5) is 20.1. The van der Waals surface area contributed by atoms with Crippen LogP contribution in [-0.4, -0.2) is 30.4 Å². The van der Waals surface area contributed by atoms with E-state index in [9.17, 15) is 13.2 Å². The standard InChI is InChI=1S/C16H14BrN3O3S/c1-9-11(4-3-5-14(9)20-24(2,22)23)15(21)13-8-19-16-12(13)6-10(17)7-18-16/h3-8,20H,1-2H3,(H,18,19). The molecule has 8 heteroatoms. The third kappa shape index (κ3) is 3.20. The number of ketones is 1. The molecule has 0 spiro atoms. The van der Waals surface area contributed by atoms with Crippen LogP contribution in [0.15, 0.2) is 41.1 Å². The van der Waals surface area contributed by atoms with Crippen molar-refractivity contribution < 1.29 is 13.2 Å². The number of H-pyrrole nitrogens is 1. The number of nitrogens with one attached hydrogen (secondary N) is 2. The van der Waals surface area contributed by atoms with Gasteiger partial charge in [0.15, 0.2) is 5.78 Å². The molecular formula is C16H14BrN3O3S. The number of anilines is 1. The summed E-state index contributed by atoms with van der Waals surface area (Å²) in [5.74, 6) is -0.198. The number of aromatic amines is 1. The smallest absolute Gasteiger partial charge is 0.229 e. The Bertz CT molecular complexity index is 1060. The van der Waals surface area contributed by atoms with Gasteiger partial charge in [-0.05, 0) is 40.5 Å². The van der Waals surface area contributed by atoms with E-state index >= 15 is 0 Å². The average Bonchev–Trinajstić information content (AvgIpc) is 2.90. The third-order valence-corrected chi connectivity index (χ3v) is 4.64. The van der Waals surface area contributed by atoms with E-state index in [-0.39, 0.29) is 5.78 Å². The summed E-state index contributed by atoms with van der Waals surface area (Å²) in [5, 5.41) is 0.704. The van der Waals surface area contributed by atoms with Gasteiger partial charge in [0.1, 0.15) is 5.65 Å². The summed E-state index contributed by atoms with van der Waals surface area (Å²) >= 11 is 3.35. The van der Waals surface area contributed by atoms with Crippen molar-refractivity contribution in [3.8, 4) is 0 Å². The molecule has 124 valence electrons. The summed E-state index contributed by atoms with van der Waals surface area (Å²) in [6.07, 6.45) is 4.33. The van der Waals surface area contributed by atoms with E-state index in [1.807, 2.05) is 6.07 Å². The zero-order valence-electron chi connectivity index (χ0n) is 12.9. The van der Waals surface area contributed by atoms with Gasteiger partial charge in [0.25, 0.3) is 0 Å². The van der Waals surface area contributed by atoms with Crippen LogP contribution in [-0.2, 0) is 10.0 Å². The molecule has 0 atom stereocenters. The van der Waals surface area contributed by atoms with E-state index in [2.05, 4.69) is 30.6 Å². The Balaban J connectivity index is 2.10. The Hall–Kier alpha value is -2.19. The predicted octanol–water partition coefficient (Wildman–Crippen LogP) is 3.24. The lowest BCUT2D eigenvalue weighted by Gasteiger charge is -2.11. The van der Waals surface area contributed by atoms with Crippen molar-refractivity contribution >= 4 is 48.5 Å². The molecule has 0 saturated heterocycles. The van der Waals surface area contributed by atoms with Gasteiger partial charge >= 0.3 is 0 Å². The van der Waals surface area contributed by atoms with E-state index in [0.717, 1.165) is 10.7 Å². The molecule has 3 rings (SSSR count). The molecule has 0 radical (unpaired) electrons. The van der Waals surface area contributed by atoms with Crippen LogP contribution in [0.5, 0.6) is 0 Å². The number of aromatic nitrogens is 2. The van der Waals surface area contributed by atoms with Gasteiger partial charge in [-0.1, -0.05) is 12.1 Å². The van der Waals surface area contributed by atoms with Crippen LogP contribution in [0.2, 0.25) is 0 Å². The molecule has 0 amide bonds. The Kier molecular flexibility index (Phi) is 4.18. The molecule has 0 bridgehead atoms. The van der Waals surface area contributed by atoms with Crippen LogP contribution < -0.4 is 4.72 Å². The van der Waals surface area contributed by atoms with Crippen LogP contribution in [0.3, 0.4) is 0 Å². The number of nitrogens with zero attached hydrogens (tertiary/aromatic N) is 1. The second-order valence-electron chi connectivity index (χ2n) is 5.43. The minimum absolute atomic E-state index is 0.198. The van der Waals surface area contributed by atoms with E-state index in [4.69, 9.17) is 0 Å². The first kappa shape index (κ1) is 16.7. The molecule has 0 fully saturated rings. The first-order valence-corrected chi connectivity index (χ1v) is 9.69. The van der Waals surface area contributed by atoms with Crippen molar-refractivity contribution in [2.24, 2.45) is 0 Å². The second kappa shape index (κ2) is 6.03. The summed E-state index contributed by atoms with van der Waals surface area (Å²) in [7, 11) is -3.42. The molecule has 0 aliphatic rings. The highest BCUT2D eigenvalue weighted by Gasteiger charge is 2.19. The highest BCUT2D eigenvalue weighted by molar-refractivity contribution is 9.10. The molecule has 24 heavy (non-hydrogen) atoms. The Morgan fingerprint density at radius 1 is 1.29 bits per heavy atom. The van der Waals surface area contributed by atoms with Crippen molar-refractivity contribution in [1.29, 1.82) is 0 Å². The maximum Gasteiger partial charge on any atom is 0.229 e.